The van der Waals surface area contributed by atoms with E-state index in [4.69, 9.17) is 9.26 Å². The van der Waals surface area contributed by atoms with E-state index in [9.17, 15) is 4.79 Å². The molecule has 2 aromatic rings. The maximum Gasteiger partial charge on any atom is 0.318 e. The molecule has 1 saturated heterocycles. The van der Waals surface area contributed by atoms with Crippen LogP contribution in [0.3, 0.4) is 0 Å². The highest BCUT2D eigenvalue weighted by atomic mass is 16.5. The van der Waals surface area contributed by atoms with Gasteiger partial charge >= 0.3 is 6.03 Å². The lowest BCUT2D eigenvalue weighted by Gasteiger charge is -2.23. The summed E-state index contributed by atoms with van der Waals surface area (Å²) in [6, 6.07) is 7.79. The Balaban J connectivity index is 1.56. The van der Waals surface area contributed by atoms with E-state index < -0.39 is 0 Å². The standard InChI is InChI=1S/C19H26N4O3/c1-13(2)20-19(24)23-10-5-8-16(23)18-21-17(22-26-18)9-11-25-15-7-4-6-14(3)12-15/h4,6-7,12-13,16H,5,8-11H2,1-3H3,(H,20,24). The number of ether oxygens (including phenoxy) is 1. The SMILES string of the molecule is Cc1cccc(OCCc2noc(C3CCCN3C(=O)NC(C)C)n2)c1. The van der Waals surface area contributed by atoms with Crippen molar-refractivity contribution in [2.24, 2.45) is 0 Å². The Morgan fingerprint density at radius 2 is 2.31 bits per heavy atom. The van der Waals surface area contributed by atoms with Gasteiger partial charge in [0.25, 0.3) is 0 Å². The maximum atomic E-state index is 12.3. The second-order valence-electron chi connectivity index (χ2n) is 6.92. The molecule has 1 fully saturated rings. The van der Waals surface area contributed by atoms with Crippen molar-refractivity contribution in [1.29, 1.82) is 0 Å². The molecule has 7 nitrogen and oxygen atoms in total. The third-order valence-electron chi connectivity index (χ3n) is 4.28. The molecule has 1 N–H and O–H groups in total. The molecule has 0 radical (unpaired) electrons. The number of benzene rings is 1. The molecule has 0 spiro atoms. The van der Waals surface area contributed by atoms with Crippen molar-refractivity contribution in [2.45, 2.75) is 52.1 Å². The van der Waals surface area contributed by atoms with Gasteiger partial charge < -0.3 is 19.5 Å². The maximum absolute atomic E-state index is 12.3. The number of aromatic nitrogens is 2. The molecule has 2 heterocycles. The van der Waals surface area contributed by atoms with E-state index in [1.165, 1.54) is 0 Å². The predicted molar refractivity (Wildman–Crippen MR) is 97.0 cm³/mol. The summed E-state index contributed by atoms with van der Waals surface area (Å²) in [5.74, 6) is 1.94. The monoisotopic (exact) mass is 358 g/mol. The van der Waals surface area contributed by atoms with Gasteiger partial charge in [0.2, 0.25) is 5.89 Å². The van der Waals surface area contributed by atoms with E-state index in [1.54, 1.807) is 4.90 Å². The summed E-state index contributed by atoms with van der Waals surface area (Å²) >= 11 is 0. The average Bonchev–Trinajstić information content (AvgIpc) is 3.23. The average molecular weight is 358 g/mol. The van der Waals surface area contributed by atoms with E-state index in [2.05, 4.69) is 15.5 Å². The summed E-state index contributed by atoms with van der Waals surface area (Å²) in [4.78, 5) is 18.6. The lowest BCUT2D eigenvalue weighted by atomic mass is 10.2. The highest BCUT2D eigenvalue weighted by molar-refractivity contribution is 5.75. The van der Waals surface area contributed by atoms with E-state index in [-0.39, 0.29) is 18.1 Å². The smallest absolute Gasteiger partial charge is 0.318 e. The predicted octanol–water partition coefficient (Wildman–Crippen LogP) is 3.25. The lowest BCUT2D eigenvalue weighted by molar-refractivity contribution is 0.178. The van der Waals surface area contributed by atoms with Crippen molar-refractivity contribution in [2.75, 3.05) is 13.2 Å². The summed E-state index contributed by atoms with van der Waals surface area (Å²) in [5, 5.41) is 6.97. The van der Waals surface area contributed by atoms with Crippen LogP contribution < -0.4 is 10.1 Å². The van der Waals surface area contributed by atoms with Crippen LogP contribution >= 0.6 is 0 Å². The molecule has 1 aliphatic heterocycles. The number of likely N-dealkylation sites (tertiary alicyclic amines) is 1. The number of urea groups is 1. The van der Waals surface area contributed by atoms with Crippen molar-refractivity contribution in [3.63, 3.8) is 0 Å². The minimum atomic E-state index is -0.146. The number of hydrogen-bond acceptors (Lipinski definition) is 5. The van der Waals surface area contributed by atoms with Gasteiger partial charge in [-0.05, 0) is 51.3 Å². The molecule has 1 aromatic carbocycles. The number of hydrogen-bond donors (Lipinski definition) is 1. The van der Waals surface area contributed by atoms with Crippen molar-refractivity contribution < 1.29 is 14.1 Å². The van der Waals surface area contributed by atoms with Crippen LogP contribution in [0.2, 0.25) is 0 Å². The second kappa shape index (κ2) is 8.21. The lowest BCUT2D eigenvalue weighted by Crippen LogP contribution is -2.42. The molecule has 0 saturated carbocycles. The molecular weight excluding hydrogens is 332 g/mol. The molecular formula is C19H26N4O3. The van der Waals surface area contributed by atoms with Gasteiger partial charge in [-0.2, -0.15) is 4.98 Å². The summed E-state index contributed by atoms with van der Waals surface area (Å²) in [6.07, 6.45) is 2.33. The zero-order chi connectivity index (χ0) is 18.5. The van der Waals surface area contributed by atoms with E-state index >= 15 is 0 Å². The summed E-state index contributed by atoms with van der Waals surface area (Å²) in [7, 11) is 0. The van der Waals surface area contributed by atoms with Crippen LogP contribution in [-0.2, 0) is 6.42 Å². The molecule has 1 aromatic heterocycles. The zero-order valence-corrected chi connectivity index (χ0v) is 15.6. The van der Waals surface area contributed by atoms with Gasteiger partial charge in [0.05, 0.1) is 6.61 Å². The van der Waals surface area contributed by atoms with Crippen molar-refractivity contribution in [3.05, 3.63) is 41.5 Å². The number of amides is 2. The van der Waals surface area contributed by atoms with Gasteiger partial charge in [0.1, 0.15) is 11.8 Å². The second-order valence-corrected chi connectivity index (χ2v) is 6.92. The van der Waals surface area contributed by atoms with Crippen LogP contribution in [0.5, 0.6) is 5.75 Å². The molecule has 0 aliphatic carbocycles. The minimum absolute atomic E-state index is 0.0787. The van der Waals surface area contributed by atoms with Gasteiger partial charge in [0.15, 0.2) is 5.82 Å². The number of rotatable bonds is 6. The van der Waals surface area contributed by atoms with Crippen LogP contribution in [0, 0.1) is 6.92 Å². The molecule has 140 valence electrons. The van der Waals surface area contributed by atoms with Crippen LogP contribution in [0.25, 0.3) is 0 Å². The molecule has 2 amide bonds. The Labute approximate surface area is 153 Å². The van der Waals surface area contributed by atoms with E-state index in [1.807, 2.05) is 45.0 Å². The first-order valence-electron chi connectivity index (χ1n) is 9.12. The molecule has 7 heteroatoms. The minimum Gasteiger partial charge on any atom is -0.493 e. The van der Waals surface area contributed by atoms with Gasteiger partial charge in [-0.1, -0.05) is 17.3 Å². The largest absolute Gasteiger partial charge is 0.493 e. The fraction of sp³-hybridized carbons (Fsp3) is 0.526. The first-order chi connectivity index (χ1) is 12.5. The Morgan fingerprint density at radius 3 is 3.08 bits per heavy atom. The van der Waals surface area contributed by atoms with E-state index in [0.29, 0.717) is 31.3 Å². The normalized spacial score (nSPS) is 16.9. The first kappa shape index (κ1) is 18.2. The van der Waals surface area contributed by atoms with E-state index in [0.717, 1.165) is 24.2 Å². The first-order valence-corrected chi connectivity index (χ1v) is 9.12. The number of carbonyl (C=O) groups is 1. The van der Waals surface area contributed by atoms with Gasteiger partial charge in [-0.15, -0.1) is 0 Å². The van der Waals surface area contributed by atoms with Gasteiger partial charge in [-0.3, -0.25) is 0 Å². The highest BCUT2D eigenvalue weighted by Crippen LogP contribution is 2.30. The van der Waals surface area contributed by atoms with Crippen molar-refractivity contribution >= 4 is 6.03 Å². The Hall–Kier alpha value is -2.57. The number of aryl methyl sites for hydroxylation is 1. The molecule has 3 rings (SSSR count). The quantitative estimate of drug-likeness (QED) is 0.857. The van der Waals surface area contributed by atoms with Crippen LogP contribution in [0.1, 0.15) is 50.0 Å². The van der Waals surface area contributed by atoms with Crippen LogP contribution in [-0.4, -0.2) is 40.3 Å². The fourth-order valence-electron chi connectivity index (χ4n) is 3.07. The number of carbonyl (C=O) groups excluding carboxylic acids is 1. The Kier molecular flexibility index (Phi) is 5.75. The zero-order valence-electron chi connectivity index (χ0n) is 15.6. The van der Waals surface area contributed by atoms with Crippen LogP contribution in [0.4, 0.5) is 4.79 Å². The van der Waals surface area contributed by atoms with Crippen molar-refractivity contribution in [3.8, 4) is 5.75 Å². The highest BCUT2D eigenvalue weighted by Gasteiger charge is 2.34. The number of nitrogens with one attached hydrogen (secondary N) is 1. The fourth-order valence-corrected chi connectivity index (χ4v) is 3.07. The molecule has 1 aliphatic rings. The van der Waals surface area contributed by atoms with Gasteiger partial charge in [-0.25, -0.2) is 4.79 Å². The Bertz CT molecular complexity index is 744. The summed E-state index contributed by atoms with van der Waals surface area (Å²) in [6.45, 7) is 7.10. The number of nitrogens with zero attached hydrogens (tertiary/aromatic N) is 3. The third kappa shape index (κ3) is 4.53. The topological polar surface area (TPSA) is 80.5 Å². The molecule has 1 unspecified atom stereocenters. The van der Waals surface area contributed by atoms with Crippen LogP contribution in [0.15, 0.2) is 28.8 Å². The summed E-state index contributed by atoms with van der Waals surface area (Å²) < 4.78 is 11.1. The van der Waals surface area contributed by atoms with Crippen molar-refractivity contribution in [1.82, 2.24) is 20.4 Å². The molecule has 26 heavy (non-hydrogen) atoms. The van der Waals surface area contributed by atoms with Gasteiger partial charge in [0, 0.05) is 19.0 Å². The molecule has 1 atom stereocenters. The summed E-state index contributed by atoms with van der Waals surface area (Å²) in [5.41, 5.74) is 1.16. The Morgan fingerprint density at radius 1 is 1.46 bits per heavy atom. The molecule has 0 bridgehead atoms. The third-order valence-corrected chi connectivity index (χ3v) is 4.28.